The Morgan fingerprint density at radius 2 is 1.44 bits per heavy atom. The van der Waals surface area contributed by atoms with Gasteiger partial charge in [0.1, 0.15) is 13.6 Å². The van der Waals surface area contributed by atoms with Gasteiger partial charge in [-0.05, 0) is 45.8 Å². The summed E-state index contributed by atoms with van der Waals surface area (Å²) in [5.41, 5.74) is 9.47. The van der Waals surface area contributed by atoms with Crippen LogP contribution in [0.2, 0.25) is 16.6 Å². The van der Waals surface area contributed by atoms with Crippen molar-refractivity contribution < 1.29 is 4.42 Å². The number of nitrogens with zero attached hydrogens (tertiary/aromatic N) is 1. The molecule has 1 aromatic heterocycles. The fraction of sp³-hybridized carbons (Fsp3) is 0.375. The van der Waals surface area contributed by atoms with Crippen LogP contribution >= 0.6 is 0 Å². The van der Waals surface area contributed by atoms with Crippen LogP contribution in [0.25, 0.3) is 22.2 Å². The number of rotatable bonds is 4. The summed E-state index contributed by atoms with van der Waals surface area (Å²) in [5.74, 6) is 3.85. The van der Waals surface area contributed by atoms with Gasteiger partial charge in [-0.3, -0.25) is 0 Å². The van der Waals surface area contributed by atoms with Crippen LogP contribution in [0.1, 0.15) is 47.4 Å². The molecule has 3 rings (SSSR count). The molecule has 1 heterocycles. The van der Waals surface area contributed by atoms with Gasteiger partial charge in [-0.2, -0.15) is 0 Å². The smallest absolute Gasteiger partial charge is 0.273 e. The Kier molecular flexibility index (Phi) is 5.58. The predicted molar refractivity (Wildman–Crippen MR) is 117 cm³/mol. The molecule has 2 nitrogen and oxygen atoms in total. The lowest BCUT2D eigenvalue weighted by molar-refractivity contribution is 0.586. The molecule has 0 aliphatic rings. The van der Waals surface area contributed by atoms with E-state index in [1.165, 1.54) is 5.56 Å². The Labute approximate surface area is 164 Å². The molecule has 0 aliphatic carbocycles. The lowest BCUT2D eigenvalue weighted by atomic mass is 10.1. The molecule has 0 unspecified atom stereocenters. The van der Waals surface area contributed by atoms with Crippen LogP contribution in [-0.2, 0) is 0 Å². The molecule has 0 bridgehead atoms. The third-order valence-corrected chi connectivity index (χ3v) is 12.0. The zero-order valence-corrected chi connectivity index (χ0v) is 18.2. The summed E-state index contributed by atoms with van der Waals surface area (Å²) < 4.78 is 5.93. The van der Waals surface area contributed by atoms with Gasteiger partial charge in [-0.15, -0.1) is 5.54 Å². The van der Waals surface area contributed by atoms with Crippen molar-refractivity contribution in [1.29, 1.82) is 0 Å². The molecule has 3 aromatic rings. The Morgan fingerprint density at radius 3 is 2.04 bits per heavy atom. The third-order valence-electron chi connectivity index (χ3n) is 5.75. The van der Waals surface area contributed by atoms with E-state index in [2.05, 4.69) is 82.3 Å². The van der Waals surface area contributed by atoms with Gasteiger partial charge in [-0.1, -0.05) is 77.9 Å². The van der Waals surface area contributed by atoms with Crippen molar-refractivity contribution in [1.82, 2.24) is 4.98 Å². The standard InChI is InChI=1S/C24H29NOSi/c1-17(2)27(18(3)4,19(5)6)15-14-24-25-22-16-21(12-13-23(22)26-24)20-10-8-7-9-11-20/h7-13,16-19H,1-6H3. The molecule has 0 radical (unpaired) electrons. The summed E-state index contributed by atoms with van der Waals surface area (Å²) >= 11 is 0. The first-order chi connectivity index (χ1) is 12.8. The Hall–Kier alpha value is -2.31. The van der Waals surface area contributed by atoms with E-state index >= 15 is 0 Å². The fourth-order valence-corrected chi connectivity index (χ4v) is 9.58. The molecule has 0 amide bonds. The maximum Gasteiger partial charge on any atom is 0.273 e. The van der Waals surface area contributed by atoms with E-state index < -0.39 is 8.07 Å². The average molecular weight is 376 g/mol. The minimum atomic E-state index is -1.78. The van der Waals surface area contributed by atoms with Crippen molar-refractivity contribution in [2.75, 3.05) is 0 Å². The molecule has 0 aliphatic heterocycles. The van der Waals surface area contributed by atoms with Gasteiger partial charge in [-0.25, -0.2) is 4.98 Å². The second kappa shape index (κ2) is 7.74. The maximum absolute atomic E-state index is 5.93. The second-order valence-corrected chi connectivity index (χ2v) is 13.8. The Bertz CT molecular complexity index is 952. The monoisotopic (exact) mass is 375 g/mol. The molecule has 2 aromatic carbocycles. The minimum absolute atomic E-state index is 0.536. The summed E-state index contributed by atoms with van der Waals surface area (Å²) in [7, 11) is -1.78. The van der Waals surface area contributed by atoms with Crippen molar-refractivity contribution in [3.05, 3.63) is 54.4 Å². The molecule has 27 heavy (non-hydrogen) atoms. The van der Waals surface area contributed by atoms with E-state index in [-0.39, 0.29) is 0 Å². The number of hydrogen-bond acceptors (Lipinski definition) is 2. The summed E-state index contributed by atoms with van der Waals surface area (Å²) in [6.07, 6.45) is 0. The van der Waals surface area contributed by atoms with Gasteiger partial charge < -0.3 is 4.42 Å². The number of hydrogen-bond donors (Lipinski definition) is 0. The molecule has 140 valence electrons. The molecular weight excluding hydrogens is 346 g/mol. The SMILES string of the molecule is CC(C)[Si](C#Cc1nc2cc(-c3ccccc3)ccc2o1)(C(C)C)C(C)C. The van der Waals surface area contributed by atoms with Crippen LogP contribution in [0.4, 0.5) is 0 Å². The molecule has 3 heteroatoms. The average Bonchev–Trinajstić information content (AvgIpc) is 3.04. The van der Waals surface area contributed by atoms with Crippen LogP contribution < -0.4 is 0 Å². The summed E-state index contributed by atoms with van der Waals surface area (Å²) in [5, 5.41) is 0. The van der Waals surface area contributed by atoms with Crippen molar-refractivity contribution in [2.24, 2.45) is 0 Å². The number of fused-ring (bicyclic) bond motifs is 1. The molecule has 0 fully saturated rings. The highest BCUT2D eigenvalue weighted by molar-refractivity contribution is 6.90. The van der Waals surface area contributed by atoms with Crippen LogP contribution in [0, 0.1) is 11.5 Å². The molecule has 0 N–H and O–H groups in total. The zero-order valence-electron chi connectivity index (χ0n) is 17.2. The van der Waals surface area contributed by atoms with E-state index in [0.29, 0.717) is 22.5 Å². The fourth-order valence-electron chi connectivity index (χ4n) is 4.39. The normalized spacial score (nSPS) is 12.0. The summed E-state index contributed by atoms with van der Waals surface area (Å²) in [4.78, 5) is 4.66. The minimum Gasteiger partial charge on any atom is -0.430 e. The quantitative estimate of drug-likeness (QED) is 0.360. The van der Waals surface area contributed by atoms with Gasteiger partial charge >= 0.3 is 0 Å². The first-order valence-electron chi connectivity index (χ1n) is 9.83. The van der Waals surface area contributed by atoms with Crippen LogP contribution in [0.5, 0.6) is 0 Å². The lowest BCUT2D eigenvalue weighted by Gasteiger charge is -2.37. The van der Waals surface area contributed by atoms with E-state index in [9.17, 15) is 0 Å². The van der Waals surface area contributed by atoms with Gasteiger partial charge in [0.25, 0.3) is 5.89 Å². The predicted octanol–water partition coefficient (Wildman–Crippen LogP) is 7.06. The van der Waals surface area contributed by atoms with Crippen molar-refractivity contribution in [3.8, 4) is 22.6 Å². The largest absolute Gasteiger partial charge is 0.430 e. The highest BCUT2D eigenvalue weighted by Crippen LogP contribution is 2.40. The second-order valence-electron chi connectivity index (χ2n) is 8.21. The number of aromatic nitrogens is 1. The topological polar surface area (TPSA) is 26.0 Å². The third kappa shape index (κ3) is 3.73. The van der Waals surface area contributed by atoms with Gasteiger partial charge in [0.05, 0.1) is 0 Å². The molecule has 0 saturated heterocycles. The van der Waals surface area contributed by atoms with Gasteiger partial charge in [0.15, 0.2) is 5.58 Å². The van der Waals surface area contributed by atoms with E-state index in [1.807, 2.05) is 24.3 Å². The van der Waals surface area contributed by atoms with Crippen LogP contribution in [0.15, 0.2) is 52.9 Å². The van der Waals surface area contributed by atoms with Gasteiger partial charge in [0, 0.05) is 0 Å². The highest BCUT2D eigenvalue weighted by Gasteiger charge is 2.41. The molecule has 0 spiro atoms. The van der Waals surface area contributed by atoms with Gasteiger partial charge in [0.2, 0.25) is 0 Å². The van der Waals surface area contributed by atoms with Crippen molar-refractivity contribution in [3.63, 3.8) is 0 Å². The number of benzene rings is 2. The Balaban J connectivity index is 2.00. The van der Waals surface area contributed by atoms with Crippen LogP contribution in [0.3, 0.4) is 0 Å². The summed E-state index contributed by atoms with van der Waals surface area (Å²) in [6, 6.07) is 16.5. The highest BCUT2D eigenvalue weighted by atomic mass is 28.3. The van der Waals surface area contributed by atoms with Crippen molar-refractivity contribution >= 4 is 19.2 Å². The molecule has 0 atom stereocenters. The molecule has 0 saturated carbocycles. The van der Waals surface area contributed by atoms with Crippen LogP contribution in [-0.4, -0.2) is 13.1 Å². The van der Waals surface area contributed by atoms with E-state index in [1.54, 1.807) is 0 Å². The van der Waals surface area contributed by atoms with E-state index in [4.69, 9.17) is 4.42 Å². The molecular formula is C24H29NOSi. The van der Waals surface area contributed by atoms with Crippen molar-refractivity contribution in [2.45, 2.75) is 58.2 Å². The number of oxazole rings is 1. The van der Waals surface area contributed by atoms with E-state index in [0.717, 1.165) is 16.7 Å². The maximum atomic E-state index is 5.93. The Morgan fingerprint density at radius 1 is 0.815 bits per heavy atom. The first-order valence-corrected chi connectivity index (χ1v) is 12.1. The summed E-state index contributed by atoms with van der Waals surface area (Å²) in [6.45, 7) is 13.9. The lowest BCUT2D eigenvalue weighted by Crippen LogP contribution is -2.43. The zero-order chi connectivity index (χ0) is 19.6. The first kappa shape index (κ1) is 19.4.